The Morgan fingerprint density at radius 3 is 1.92 bits per heavy atom. The van der Waals surface area contributed by atoms with Gasteiger partial charge in [0.25, 0.3) is 0 Å². The van der Waals surface area contributed by atoms with Crippen molar-refractivity contribution in [3.05, 3.63) is 0 Å². The van der Waals surface area contributed by atoms with Crippen molar-refractivity contribution in [1.82, 2.24) is 9.80 Å². The molecule has 0 aromatic rings. The predicted octanol–water partition coefficient (Wildman–Crippen LogP) is 1.95. The quantitative estimate of drug-likeness (QED) is 0.612. The van der Waals surface area contributed by atoms with Crippen LogP contribution in [-0.2, 0) is 0 Å². The van der Waals surface area contributed by atoms with Crippen LogP contribution in [0.4, 0.5) is 0 Å². The molecule has 0 heterocycles. The molecule has 0 unspecified atom stereocenters. The Hall–Kier alpha value is -0.310. The SMILES string of the molecule is CCC(C)(C)N(C)C(=S)N(C)C. The summed E-state index contributed by atoms with van der Waals surface area (Å²) in [5.74, 6) is 0. The average Bonchev–Trinajstić information content (AvgIpc) is 2.01. The second-order valence-electron chi connectivity index (χ2n) is 3.90. The summed E-state index contributed by atoms with van der Waals surface area (Å²) >= 11 is 5.27. The Morgan fingerprint density at radius 2 is 1.67 bits per heavy atom. The lowest BCUT2D eigenvalue weighted by atomic mass is 10.0. The zero-order chi connectivity index (χ0) is 9.94. The van der Waals surface area contributed by atoms with Gasteiger partial charge in [0, 0.05) is 26.7 Å². The Kier molecular flexibility index (Phi) is 3.97. The summed E-state index contributed by atoms with van der Waals surface area (Å²) in [5, 5.41) is 0.891. The van der Waals surface area contributed by atoms with E-state index in [0.29, 0.717) is 0 Å². The van der Waals surface area contributed by atoms with Crippen molar-refractivity contribution >= 4 is 17.3 Å². The summed E-state index contributed by atoms with van der Waals surface area (Å²) < 4.78 is 0. The molecule has 0 N–H and O–H groups in total. The summed E-state index contributed by atoms with van der Waals surface area (Å²) in [7, 11) is 6.00. The molecule has 0 rings (SSSR count). The van der Waals surface area contributed by atoms with Crippen LogP contribution in [0.25, 0.3) is 0 Å². The average molecular weight is 188 g/mol. The minimum absolute atomic E-state index is 0.154. The Balaban J connectivity index is 4.38. The zero-order valence-corrected chi connectivity index (χ0v) is 9.83. The predicted molar refractivity (Wildman–Crippen MR) is 58.4 cm³/mol. The van der Waals surface area contributed by atoms with Gasteiger partial charge in [0.2, 0.25) is 0 Å². The van der Waals surface area contributed by atoms with E-state index in [9.17, 15) is 0 Å². The van der Waals surface area contributed by atoms with Crippen LogP contribution in [0.1, 0.15) is 27.2 Å². The Morgan fingerprint density at radius 1 is 1.25 bits per heavy atom. The summed E-state index contributed by atoms with van der Waals surface area (Å²) in [4.78, 5) is 4.11. The van der Waals surface area contributed by atoms with E-state index in [2.05, 4.69) is 25.7 Å². The van der Waals surface area contributed by atoms with Gasteiger partial charge < -0.3 is 9.80 Å². The first kappa shape index (κ1) is 11.7. The summed E-state index contributed by atoms with van der Waals surface area (Å²) in [6, 6.07) is 0. The maximum absolute atomic E-state index is 5.27. The molecular weight excluding hydrogens is 168 g/mol. The number of hydrogen-bond acceptors (Lipinski definition) is 1. The second-order valence-corrected chi connectivity index (χ2v) is 4.27. The molecule has 0 amide bonds. The maximum atomic E-state index is 5.27. The maximum Gasteiger partial charge on any atom is 0.171 e. The van der Waals surface area contributed by atoms with Crippen LogP contribution in [0.3, 0.4) is 0 Å². The van der Waals surface area contributed by atoms with E-state index in [0.717, 1.165) is 11.5 Å². The number of hydrogen-bond donors (Lipinski definition) is 0. The molecule has 3 heteroatoms. The molecule has 0 radical (unpaired) electrons. The normalized spacial score (nSPS) is 11.2. The molecule has 0 aliphatic heterocycles. The van der Waals surface area contributed by atoms with E-state index >= 15 is 0 Å². The third-order valence-electron chi connectivity index (χ3n) is 2.44. The van der Waals surface area contributed by atoms with Gasteiger partial charge in [-0.05, 0) is 32.5 Å². The molecular formula is C9H20N2S. The van der Waals surface area contributed by atoms with Crippen molar-refractivity contribution in [3.63, 3.8) is 0 Å². The van der Waals surface area contributed by atoms with Gasteiger partial charge in [0.05, 0.1) is 0 Å². The molecule has 0 atom stereocenters. The van der Waals surface area contributed by atoms with Gasteiger partial charge in [-0.15, -0.1) is 0 Å². The first-order chi connectivity index (χ1) is 5.33. The molecule has 0 spiro atoms. The fourth-order valence-corrected chi connectivity index (χ4v) is 1.04. The van der Waals surface area contributed by atoms with Crippen molar-refractivity contribution in [3.8, 4) is 0 Å². The number of rotatable bonds is 2. The fraction of sp³-hybridized carbons (Fsp3) is 0.889. The molecule has 0 aromatic heterocycles. The van der Waals surface area contributed by atoms with Crippen LogP contribution in [0.15, 0.2) is 0 Å². The van der Waals surface area contributed by atoms with Crippen molar-refractivity contribution in [2.24, 2.45) is 0 Å². The fourth-order valence-electron chi connectivity index (χ4n) is 0.796. The van der Waals surface area contributed by atoms with Gasteiger partial charge in [-0.25, -0.2) is 0 Å². The first-order valence-electron chi connectivity index (χ1n) is 4.28. The summed E-state index contributed by atoms with van der Waals surface area (Å²) in [5.41, 5.74) is 0.154. The third kappa shape index (κ3) is 2.63. The number of thiocarbonyl (C=S) groups is 1. The largest absolute Gasteiger partial charge is 0.355 e. The Labute approximate surface area is 81.5 Å². The molecule has 0 saturated heterocycles. The Bertz CT molecular complexity index is 164. The van der Waals surface area contributed by atoms with Gasteiger partial charge in [0.1, 0.15) is 0 Å². The molecule has 0 fully saturated rings. The highest BCUT2D eigenvalue weighted by Gasteiger charge is 2.23. The smallest absolute Gasteiger partial charge is 0.171 e. The molecule has 2 nitrogen and oxygen atoms in total. The zero-order valence-electron chi connectivity index (χ0n) is 9.01. The minimum atomic E-state index is 0.154. The van der Waals surface area contributed by atoms with Crippen LogP contribution < -0.4 is 0 Å². The van der Waals surface area contributed by atoms with Crippen LogP contribution in [0, 0.1) is 0 Å². The van der Waals surface area contributed by atoms with Crippen LogP contribution >= 0.6 is 12.2 Å². The van der Waals surface area contributed by atoms with E-state index < -0.39 is 0 Å². The topological polar surface area (TPSA) is 6.48 Å². The molecule has 0 saturated carbocycles. The molecule has 12 heavy (non-hydrogen) atoms. The summed E-state index contributed by atoms with van der Waals surface area (Å²) in [6.45, 7) is 6.57. The van der Waals surface area contributed by atoms with Crippen LogP contribution in [0.5, 0.6) is 0 Å². The molecule has 0 bridgehead atoms. The van der Waals surface area contributed by atoms with E-state index in [1.807, 2.05) is 26.0 Å². The monoisotopic (exact) mass is 188 g/mol. The van der Waals surface area contributed by atoms with Gasteiger partial charge in [-0.3, -0.25) is 0 Å². The lowest BCUT2D eigenvalue weighted by Crippen LogP contribution is -2.48. The van der Waals surface area contributed by atoms with Crippen molar-refractivity contribution < 1.29 is 0 Å². The highest BCUT2D eigenvalue weighted by molar-refractivity contribution is 7.80. The van der Waals surface area contributed by atoms with Crippen LogP contribution in [-0.4, -0.2) is 41.6 Å². The second kappa shape index (κ2) is 4.08. The van der Waals surface area contributed by atoms with Gasteiger partial charge >= 0.3 is 0 Å². The lowest BCUT2D eigenvalue weighted by Gasteiger charge is -2.38. The van der Waals surface area contributed by atoms with E-state index in [4.69, 9.17) is 12.2 Å². The number of nitrogens with zero attached hydrogens (tertiary/aromatic N) is 2. The lowest BCUT2D eigenvalue weighted by molar-refractivity contribution is 0.230. The van der Waals surface area contributed by atoms with Crippen molar-refractivity contribution in [1.29, 1.82) is 0 Å². The van der Waals surface area contributed by atoms with Crippen molar-refractivity contribution in [2.75, 3.05) is 21.1 Å². The van der Waals surface area contributed by atoms with Gasteiger partial charge in [-0.2, -0.15) is 0 Å². The summed E-state index contributed by atoms with van der Waals surface area (Å²) in [6.07, 6.45) is 1.09. The van der Waals surface area contributed by atoms with Gasteiger partial charge in [0.15, 0.2) is 5.11 Å². The van der Waals surface area contributed by atoms with Gasteiger partial charge in [-0.1, -0.05) is 6.92 Å². The van der Waals surface area contributed by atoms with Crippen molar-refractivity contribution in [2.45, 2.75) is 32.7 Å². The highest BCUT2D eigenvalue weighted by Crippen LogP contribution is 2.17. The van der Waals surface area contributed by atoms with E-state index in [-0.39, 0.29) is 5.54 Å². The minimum Gasteiger partial charge on any atom is -0.355 e. The van der Waals surface area contributed by atoms with E-state index in [1.165, 1.54) is 0 Å². The van der Waals surface area contributed by atoms with E-state index in [1.54, 1.807) is 0 Å². The molecule has 0 aliphatic rings. The molecule has 0 aliphatic carbocycles. The third-order valence-corrected chi connectivity index (χ3v) is 3.08. The molecule has 72 valence electrons. The van der Waals surface area contributed by atoms with Crippen LogP contribution in [0.2, 0.25) is 0 Å². The highest BCUT2D eigenvalue weighted by atomic mass is 32.1. The molecule has 0 aromatic carbocycles. The first-order valence-corrected chi connectivity index (χ1v) is 4.69. The standard InChI is InChI=1S/C9H20N2S/c1-7-9(2,3)11(6)8(12)10(4)5/h7H2,1-6H3.